The van der Waals surface area contributed by atoms with Gasteiger partial charge in [0.2, 0.25) is 0 Å². The van der Waals surface area contributed by atoms with Crippen molar-refractivity contribution < 1.29 is 4.74 Å². The zero-order valence-corrected chi connectivity index (χ0v) is 18.7. The molecule has 0 aliphatic rings. The average molecular weight is 427 g/mol. The van der Waals surface area contributed by atoms with Gasteiger partial charge in [-0.2, -0.15) is 0 Å². The number of ether oxygens (including phenoxy) is 1. The normalized spacial score (nSPS) is 14.3. The molecule has 0 heterocycles. The third kappa shape index (κ3) is 5.11. The van der Waals surface area contributed by atoms with Gasteiger partial charge in [0.25, 0.3) is 0 Å². The van der Waals surface area contributed by atoms with Crippen molar-refractivity contribution in [3.8, 4) is 5.75 Å². The van der Waals surface area contributed by atoms with Crippen molar-refractivity contribution in [2.45, 2.75) is 25.7 Å². The number of benzene rings is 2. The summed E-state index contributed by atoms with van der Waals surface area (Å²) in [5.74, 6) is 2.19. The molecule has 1 unspecified atom stereocenters. The molecule has 0 aromatic heterocycles. The van der Waals surface area contributed by atoms with Gasteiger partial charge in [0.1, 0.15) is 0 Å². The topological polar surface area (TPSA) is 9.23 Å². The fourth-order valence-electron chi connectivity index (χ4n) is 2.26. The van der Waals surface area contributed by atoms with Crippen LogP contribution in [0.1, 0.15) is 0 Å². The van der Waals surface area contributed by atoms with Gasteiger partial charge in [-0.3, -0.25) is 0 Å². The predicted octanol–water partition coefficient (Wildman–Crippen LogP) is 4.73. The van der Waals surface area contributed by atoms with E-state index < -0.39 is 12.8 Å². The van der Waals surface area contributed by atoms with Gasteiger partial charge < -0.3 is 0 Å². The van der Waals surface area contributed by atoms with Crippen LogP contribution in [0, 0.1) is 0 Å². The Labute approximate surface area is 153 Å². The van der Waals surface area contributed by atoms with Crippen LogP contribution in [0.3, 0.4) is 0 Å². The number of rotatable bonds is 7. The second-order valence-corrected chi connectivity index (χ2v) is 22.5. The van der Waals surface area contributed by atoms with Crippen molar-refractivity contribution in [3.63, 3.8) is 0 Å². The minimum absolute atomic E-state index is 0.990. The Bertz CT molecular complexity index is 685. The summed E-state index contributed by atoms with van der Waals surface area (Å²) in [5, 5.41) is 2.71. The molecule has 1 atom stereocenters. The van der Waals surface area contributed by atoms with E-state index in [1.54, 1.807) is 7.11 Å². The fourth-order valence-corrected chi connectivity index (χ4v) is 13.6. The first-order valence-electron chi connectivity index (χ1n) is 7.80. The van der Waals surface area contributed by atoms with Gasteiger partial charge >= 0.3 is 154 Å². The first kappa shape index (κ1) is 19.1. The van der Waals surface area contributed by atoms with Crippen LogP contribution in [-0.4, -0.2) is 36.0 Å². The molecule has 1 nitrogen and oxygen atoms in total. The van der Waals surface area contributed by atoms with Gasteiger partial charge in [-0.05, 0) is 0 Å². The van der Waals surface area contributed by atoms with Crippen molar-refractivity contribution >= 4 is 49.9 Å². The average Bonchev–Trinajstić information content (AvgIpc) is 2.54. The summed E-state index contributed by atoms with van der Waals surface area (Å²) in [6.07, 6.45) is 0. The molecule has 0 N–H and O–H groups in total. The molecule has 2 aromatic rings. The van der Waals surface area contributed by atoms with Crippen molar-refractivity contribution in [1.82, 2.24) is 0 Å². The molecule has 124 valence electrons. The monoisotopic (exact) mass is 428 g/mol. The molecule has 2 aromatic carbocycles. The van der Waals surface area contributed by atoms with Crippen LogP contribution in [0.5, 0.6) is 5.75 Å². The zero-order valence-electron chi connectivity index (χ0n) is 14.3. The van der Waals surface area contributed by atoms with E-state index >= 15 is 0 Å². The number of hydrogen-bond donors (Lipinski definition) is 0. The first-order chi connectivity index (χ1) is 10.9. The molecule has 0 amide bonds. The van der Waals surface area contributed by atoms with E-state index in [2.05, 4.69) is 94.7 Å². The fraction of sp³-hybridized carbons (Fsp3) is 0.333. The van der Waals surface area contributed by atoms with Gasteiger partial charge in [0, 0.05) is 0 Å². The van der Waals surface area contributed by atoms with Crippen LogP contribution in [0.15, 0.2) is 54.6 Å². The Kier molecular flexibility index (Phi) is 6.83. The molecular weight excluding hydrogens is 402 g/mol. The van der Waals surface area contributed by atoms with E-state index in [1.807, 2.05) is 6.07 Å². The van der Waals surface area contributed by atoms with Crippen LogP contribution in [0.25, 0.3) is 0 Å². The molecule has 0 aliphatic carbocycles. The first-order valence-corrected chi connectivity index (χ1v) is 17.1. The molecule has 0 bridgehead atoms. The summed E-state index contributed by atoms with van der Waals surface area (Å²) in [5.41, 5.74) is 0. The molecule has 0 fully saturated rings. The Balaban J connectivity index is 2.42. The van der Waals surface area contributed by atoms with Crippen LogP contribution in [0.4, 0.5) is 0 Å². The molecule has 0 radical (unpaired) electrons. The van der Waals surface area contributed by atoms with Gasteiger partial charge in [-0.1, -0.05) is 0 Å². The Morgan fingerprint density at radius 3 is 2.22 bits per heavy atom. The van der Waals surface area contributed by atoms with Crippen LogP contribution in [0.2, 0.25) is 25.7 Å². The second kappa shape index (κ2) is 8.23. The summed E-state index contributed by atoms with van der Waals surface area (Å²) >= 11 is 5.69. The van der Waals surface area contributed by atoms with Crippen LogP contribution >= 0.6 is 16.1 Å². The summed E-state index contributed by atoms with van der Waals surface area (Å²) in [7, 11) is 0.736. The van der Waals surface area contributed by atoms with Gasteiger partial charge in [-0.25, -0.2) is 0 Å². The molecule has 2 rings (SSSR count). The van der Waals surface area contributed by atoms with Crippen LogP contribution in [-0.2, 0) is 0 Å². The molecule has 5 heteroatoms. The summed E-state index contributed by atoms with van der Waals surface area (Å²) in [6, 6.07) is 20.6. The predicted molar refractivity (Wildman–Crippen MR) is 112 cm³/mol. The molecule has 0 aliphatic heterocycles. The maximum atomic E-state index is 5.66. The van der Waals surface area contributed by atoms with Crippen molar-refractivity contribution in [2.75, 3.05) is 12.9 Å². The summed E-state index contributed by atoms with van der Waals surface area (Å²) in [4.78, 5) is 0. The maximum absolute atomic E-state index is 5.66. The molecular formula is C18H25OPSSeSi. The van der Waals surface area contributed by atoms with E-state index in [0.717, 1.165) is 5.75 Å². The van der Waals surface area contributed by atoms with E-state index in [1.165, 1.54) is 22.4 Å². The number of para-hydroxylation sites is 1. The molecule has 0 spiro atoms. The third-order valence-corrected chi connectivity index (χ3v) is 15.9. The van der Waals surface area contributed by atoms with Crippen molar-refractivity contribution in [1.29, 1.82) is 0 Å². The van der Waals surface area contributed by atoms with Gasteiger partial charge in [0.05, 0.1) is 0 Å². The van der Waals surface area contributed by atoms with Crippen molar-refractivity contribution in [3.05, 3.63) is 54.6 Å². The van der Waals surface area contributed by atoms with Crippen molar-refractivity contribution in [2.24, 2.45) is 0 Å². The summed E-state index contributed by atoms with van der Waals surface area (Å²) in [6.45, 7) is 7.33. The SMILES string of the molecule is COc1ccccc1P(=[Se])(SCC[Si](C)(C)C)c1ccccc1. The summed E-state index contributed by atoms with van der Waals surface area (Å²) < 4.78 is 4.04. The second-order valence-electron chi connectivity index (χ2n) is 6.70. The van der Waals surface area contributed by atoms with Gasteiger partial charge in [0.15, 0.2) is 0 Å². The third-order valence-electron chi connectivity index (χ3n) is 3.62. The zero-order chi connectivity index (χ0) is 16.9. The molecule has 23 heavy (non-hydrogen) atoms. The van der Waals surface area contributed by atoms with E-state index in [9.17, 15) is 0 Å². The quantitative estimate of drug-likeness (QED) is 0.467. The minimum atomic E-state index is -1.63. The number of methoxy groups -OCH3 is 1. The Hall–Kier alpha value is -0.244. The molecule has 0 saturated heterocycles. The van der Waals surface area contributed by atoms with Gasteiger partial charge in [-0.15, -0.1) is 0 Å². The molecule has 0 saturated carbocycles. The number of hydrogen-bond acceptors (Lipinski definition) is 2. The Morgan fingerprint density at radius 1 is 1.00 bits per heavy atom. The van der Waals surface area contributed by atoms with E-state index in [4.69, 9.17) is 4.74 Å². The van der Waals surface area contributed by atoms with E-state index in [0.29, 0.717) is 0 Å². The van der Waals surface area contributed by atoms with E-state index in [-0.39, 0.29) is 0 Å². The Morgan fingerprint density at radius 2 is 1.61 bits per heavy atom. The standard InChI is InChI=1S/C18H25OPSSeSi/c1-19-17-12-8-9-13-18(17)20(22,16-10-6-5-7-11-16)21-14-15-23(2,3)4/h5-13H,14-15H2,1-4H3. The van der Waals surface area contributed by atoms with Crippen LogP contribution < -0.4 is 15.3 Å².